The minimum absolute atomic E-state index is 0.0981. The Bertz CT molecular complexity index is 836. The molecule has 3 aliphatic carbocycles. The maximum Gasteiger partial charge on any atom is 0.263 e. The summed E-state index contributed by atoms with van der Waals surface area (Å²) < 4.78 is 33.3. The van der Waals surface area contributed by atoms with Crippen LogP contribution in [0.1, 0.15) is 67.6 Å². The molecule has 0 radical (unpaired) electrons. The van der Waals surface area contributed by atoms with Crippen LogP contribution in [0.2, 0.25) is 0 Å². The van der Waals surface area contributed by atoms with Gasteiger partial charge in [0.2, 0.25) is 5.89 Å². The largest absolute Gasteiger partial charge is 0.339 e. The molecular formula is C21H26F2N4O. The van der Waals surface area contributed by atoms with Gasteiger partial charge in [-0.3, -0.25) is 0 Å². The Morgan fingerprint density at radius 3 is 2.68 bits per heavy atom. The number of rotatable bonds is 6. The van der Waals surface area contributed by atoms with Gasteiger partial charge in [0.05, 0.1) is 6.04 Å². The van der Waals surface area contributed by atoms with Gasteiger partial charge in [-0.1, -0.05) is 35.5 Å². The van der Waals surface area contributed by atoms with Gasteiger partial charge in [0.1, 0.15) is 0 Å². The quantitative estimate of drug-likeness (QED) is 0.792. The lowest BCUT2D eigenvalue weighted by Crippen LogP contribution is -2.45. The van der Waals surface area contributed by atoms with Crippen molar-refractivity contribution in [2.45, 2.75) is 73.8 Å². The Kier molecular flexibility index (Phi) is 4.28. The lowest BCUT2D eigenvalue weighted by Gasteiger charge is -2.32. The molecule has 0 bridgehead atoms. The number of benzene rings is 1. The predicted molar refractivity (Wildman–Crippen MR) is 100 cm³/mol. The third-order valence-corrected chi connectivity index (χ3v) is 6.73. The Labute approximate surface area is 163 Å². The molecule has 1 aromatic heterocycles. The summed E-state index contributed by atoms with van der Waals surface area (Å²) in [6, 6.07) is 9.97. The summed E-state index contributed by atoms with van der Waals surface area (Å²) in [4.78, 5) is 4.54. The molecule has 150 valence electrons. The molecule has 3 aliphatic rings. The molecule has 0 amide bonds. The second-order valence-corrected chi connectivity index (χ2v) is 8.82. The molecule has 5 nitrogen and oxygen atoms in total. The third-order valence-electron chi connectivity index (χ3n) is 6.73. The molecule has 3 fully saturated rings. The standard InChI is InChI=1S/C21H26F2N4O/c22-21(23)11-14(6-7-17(21)24)18-26-19(27-28-18)20(8-9-20)12-25-16-10-15(16)13-4-2-1-3-5-13/h1-5,14-17,25H,6-12,24H2/t14?,15-,16+,17?/m0/s1. The van der Waals surface area contributed by atoms with E-state index in [4.69, 9.17) is 10.3 Å². The van der Waals surface area contributed by atoms with E-state index in [1.807, 2.05) is 6.07 Å². The number of aromatic nitrogens is 2. The maximum atomic E-state index is 14.0. The van der Waals surface area contributed by atoms with Gasteiger partial charge in [0, 0.05) is 36.3 Å². The Morgan fingerprint density at radius 1 is 1.18 bits per heavy atom. The summed E-state index contributed by atoms with van der Waals surface area (Å²) in [6.07, 6.45) is 3.72. The molecular weight excluding hydrogens is 362 g/mol. The minimum Gasteiger partial charge on any atom is -0.339 e. The number of nitrogens with two attached hydrogens (primary N) is 1. The first-order chi connectivity index (χ1) is 13.5. The van der Waals surface area contributed by atoms with Crippen molar-refractivity contribution in [2.75, 3.05) is 6.54 Å². The molecule has 4 atom stereocenters. The van der Waals surface area contributed by atoms with Crippen molar-refractivity contribution in [1.29, 1.82) is 0 Å². The number of hydrogen-bond donors (Lipinski definition) is 2. The van der Waals surface area contributed by atoms with Crippen molar-refractivity contribution >= 4 is 0 Å². The van der Waals surface area contributed by atoms with Crippen LogP contribution in [0.5, 0.6) is 0 Å². The van der Waals surface area contributed by atoms with E-state index in [0.717, 1.165) is 25.8 Å². The summed E-state index contributed by atoms with van der Waals surface area (Å²) in [5.74, 6) is -1.67. The van der Waals surface area contributed by atoms with Gasteiger partial charge in [0.25, 0.3) is 5.92 Å². The van der Waals surface area contributed by atoms with E-state index >= 15 is 0 Å². The van der Waals surface area contributed by atoms with Crippen LogP contribution in [0.25, 0.3) is 0 Å². The first-order valence-electron chi connectivity index (χ1n) is 10.2. The van der Waals surface area contributed by atoms with Gasteiger partial charge in [-0.2, -0.15) is 4.98 Å². The van der Waals surface area contributed by atoms with Crippen LogP contribution >= 0.6 is 0 Å². The highest BCUT2D eigenvalue weighted by Crippen LogP contribution is 2.49. The third kappa shape index (κ3) is 3.35. The monoisotopic (exact) mass is 388 g/mol. The Morgan fingerprint density at radius 2 is 1.96 bits per heavy atom. The molecule has 0 saturated heterocycles. The number of hydrogen-bond acceptors (Lipinski definition) is 5. The summed E-state index contributed by atoms with van der Waals surface area (Å²) in [5.41, 5.74) is 6.82. The second kappa shape index (κ2) is 6.59. The molecule has 28 heavy (non-hydrogen) atoms. The Balaban J connectivity index is 1.20. The summed E-state index contributed by atoms with van der Waals surface area (Å²) in [5, 5.41) is 7.82. The fourth-order valence-corrected chi connectivity index (χ4v) is 4.45. The average molecular weight is 388 g/mol. The normalized spacial score (nSPS) is 32.8. The van der Waals surface area contributed by atoms with E-state index in [2.05, 4.69) is 39.7 Å². The van der Waals surface area contributed by atoms with Crippen LogP contribution < -0.4 is 11.1 Å². The lowest BCUT2D eigenvalue weighted by molar-refractivity contribution is -0.0612. The Hall–Kier alpha value is -1.86. The van der Waals surface area contributed by atoms with Gasteiger partial charge >= 0.3 is 0 Å². The SMILES string of the molecule is NC1CCC(c2nc(C3(CN[C@@H]4C[C@H]4c4ccccc4)CC3)no2)CC1(F)F. The molecule has 3 N–H and O–H groups in total. The van der Waals surface area contributed by atoms with E-state index in [9.17, 15) is 8.78 Å². The van der Waals surface area contributed by atoms with Gasteiger partial charge < -0.3 is 15.6 Å². The first kappa shape index (κ1) is 18.2. The average Bonchev–Trinajstić information content (AvgIpc) is 3.60. The molecule has 1 heterocycles. The fourth-order valence-electron chi connectivity index (χ4n) is 4.45. The van der Waals surface area contributed by atoms with Gasteiger partial charge in [-0.05, 0) is 37.7 Å². The van der Waals surface area contributed by atoms with Gasteiger partial charge in [-0.15, -0.1) is 0 Å². The van der Waals surface area contributed by atoms with E-state index in [1.165, 1.54) is 5.56 Å². The summed E-state index contributed by atoms with van der Waals surface area (Å²) in [7, 11) is 0. The van der Waals surface area contributed by atoms with E-state index in [1.54, 1.807) is 0 Å². The van der Waals surface area contributed by atoms with Gasteiger partial charge in [-0.25, -0.2) is 8.78 Å². The second-order valence-electron chi connectivity index (χ2n) is 8.82. The van der Waals surface area contributed by atoms with Crippen molar-refractivity contribution in [1.82, 2.24) is 15.5 Å². The van der Waals surface area contributed by atoms with E-state index < -0.39 is 17.9 Å². The van der Waals surface area contributed by atoms with Crippen LogP contribution in [0.3, 0.4) is 0 Å². The smallest absolute Gasteiger partial charge is 0.263 e. The van der Waals surface area contributed by atoms with E-state index in [0.29, 0.717) is 30.1 Å². The highest BCUT2D eigenvalue weighted by molar-refractivity contribution is 5.28. The van der Waals surface area contributed by atoms with Crippen LogP contribution in [-0.4, -0.2) is 34.7 Å². The van der Waals surface area contributed by atoms with Crippen molar-refractivity contribution in [3.05, 3.63) is 47.6 Å². The topological polar surface area (TPSA) is 77.0 Å². The summed E-state index contributed by atoms with van der Waals surface area (Å²) in [6.45, 7) is 0.811. The lowest BCUT2D eigenvalue weighted by atomic mass is 9.83. The molecule has 0 aliphatic heterocycles. The van der Waals surface area contributed by atoms with Crippen molar-refractivity contribution in [3.8, 4) is 0 Å². The van der Waals surface area contributed by atoms with Crippen molar-refractivity contribution < 1.29 is 13.3 Å². The first-order valence-corrected chi connectivity index (χ1v) is 10.2. The number of alkyl halides is 2. The number of halogens is 2. The predicted octanol–water partition coefficient (Wildman–Crippen LogP) is 3.48. The van der Waals surface area contributed by atoms with Crippen LogP contribution in [0, 0.1) is 0 Å². The molecule has 1 aromatic carbocycles. The highest BCUT2D eigenvalue weighted by atomic mass is 19.3. The van der Waals surface area contributed by atoms with E-state index in [-0.39, 0.29) is 18.3 Å². The zero-order valence-electron chi connectivity index (χ0n) is 15.8. The molecule has 2 aromatic rings. The summed E-state index contributed by atoms with van der Waals surface area (Å²) >= 11 is 0. The van der Waals surface area contributed by atoms with Gasteiger partial charge in [0.15, 0.2) is 5.82 Å². The molecule has 5 rings (SSSR count). The molecule has 0 spiro atoms. The minimum atomic E-state index is -2.87. The van der Waals surface area contributed by atoms with Crippen LogP contribution in [0.15, 0.2) is 34.9 Å². The zero-order valence-corrected chi connectivity index (χ0v) is 15.8. The van der Waals surface area contributed by atoms with Crippen LogP contribution in [0.4, 0.5) is 8.78 Å². The van der Waals surface area contributed by atoms with Crippen LogP contribution in [-0.2, 0) is 5.41 Å². The molecule has 3 saturated carbocycles. The number of nitrogens with zero attached hydrogens (tertiary/aromatic N) is 2. The fraction of sp³-hybridized carbons (Fsp3) is 0.619. The van der Waals surface area contributed by atoms with Crippen molar-refractivity contribution in [3.63, 3.8) is 0 Å². The maximum absolute atomic E-state index is 14.0. The van der Waals surface area contributed by atoms with Crippen molar-refractivity contribution in [2.24, 2.45) is 5.73 Å². The highest BCUT2D eigenvalue weighted by Gasteiger charge is 2.51. The molecule has 7 heteroatoms. The number of nitrogens with one attached hydrogen (secondary N) is 1. The zero-order chi connectivity index (χ0) is 19.4. The molecule has 2 unspecified atom stereocenters.